The van der Waals surface area contributed by atoms with Gasteiger partial charge in [0.05, 0.1) is 0 Å². The van der Waals surface area contributed by atoms with Crippen LogP contribution in [0.5, 0.6) is 0 Å². The number of hydrogen-bond acceptors (Lipinski definition) is 1. The van der Waals surface area contributed by atoms with Gasteiger partial charge in [-0.05, 0) is 17.9 Å². The Bertz CT molecular complexity index is 304. The Morgan fingerprint density at radius 2 is 1.73 bits per heavy atom. The molecule has 0 radical (unpaired) electrons. The number of benzene rings is 1. The van der Waals surface area contributed by atoms with E-state index in [1.165, 1.54) is 12.1 Å². The summed E-state index contributed by atoms with van der Waals surface area (Å²) in [7, 11) is 0. The van der Waals surface area contributed by atoms with Crippen LogP contribution in [0.3, 0.4) is 0 Å². The molecule has 0 fully saturated rings. The highest BCUT2D eigenvalue weighted by Gasteiger charge is 2.29. The zero-order valence-electron chi connectivity index (χ0n) is 9.00. The van der Waals surface area contributed by atoms with Gasteiger partial charge in [-0.2, -0.15) is 8.78 Å². The van der Waals surface area contributed by atoms with E-state index in [2.05, 4.69) is 13.8 Å². The first kappa shape index (κ1) is 12.1. The van der Waals surface area contributed by atoms with Crippen LogP contribution in [0.25, 0.3) is 0 Å². The lowest BCUT2D eigenvalue weighted by molar-refractivity contribution is -0.0556. The fourth-order valence-electron chi connectivity index (χ4n) is 1.45. The van der Waals surface area contributed by atoms with Gasteiger partial charge in [0.1, 0.15) is 6.61 Å². The van der Waals surface area contributed by atoms with E-state index < -0.39 is 12.5 Å². The minimum Gasteiger partial charge on any atom is -0.390 e. The second-order valence-corrected chi connectivity index (χ2v) is 4.16. The first-order valence-corrected chi connectivity index (χ1v) is 5.04. The lowest BCUT2D eigenvalue weighted by Gasteiger charge is -2.14. The molecule has 0 heterocycles. The van der Waals surface area contributed by atoms with Gasteiger partial charge in [0, 0.05) is 5.56 Å². The summed E-state index contributed by atoms with van der Waals surface area (Å²) in [5.74, 6) is -2.62. The van der Waals surface area contributed by atoms with Crippen LogP contribution in [0.2, 0.25) is 0 Å². The van der Waals surface area contributed by atoms with E-state index in [1.54, 1.807) is 12.1 Å². The summed E-state index contributed by atoms with van der Waals surface area (Å²) in [6.07, 6.45) is 0.880. The topological polar surface area (TPSA) is 20.2 Å². The van der Waals surface area contributed by atoms with Gasteiger partial charge in [-0.25, -0.2) is 0 Å². The normalized spacial score (nSPS) is 12.1. The molecule has 1 N–H and O–H groups in total. The third-order valence-corrected chi connectivity index (χ3v) is 2.22. The molecule has 1 nitrogen and oxygen atoms in total. The molecule has 0 unspecified atom stereocenters. The molecule has 0 spiro atoms. The van der Waals surface area contributed by atoms with E-state index in [4.69, 9.17) is 5.11 Å². The van der Waals surface area contributed by atoms with Gasteiger partial charge in [-0.15, -0.1) is 0 Å². The van der Waals surface area contributed by atoms with E-state index >= 15 is 0 Å². The molecular formula is C12H16F2O. The highest BCUT2D eigenvalue weighted by molar-refractivity contribution is 5.26. The molecule has 3 heteroatoms. The summed E-state index contributed by atoms with van der Waals surface area (Å²) in [5.41, 5.74) is 0.917. The maximum absolute atomic E-state index is 13.0. The highest BCUT2D eigenvalue weighted by atomic mass is 19.3. The van der Waals surface area contributed by atoms with E-state index in [9.17, 15) is 8.78 Å². The van der Waals surface area contributed by atoms with Crippen molar-refractivity contribution >= 4 is 0 Å². The van der Waals surface area contributed by atoms with Crippen molar-refractivity contribution in [2.75, 3.05) is 6.61 Å². The zero-order chi connectivity index (χ0) is 11.5. The monoisotopic (exact) mass is 214 g/mol. The van der Waals surface area contributed by atoms with Gasteiger partial charge in [-0.1, -0.05) is 38.1 Å². The number of aliphatic hydroxyl groups is 1. The van der Waals surface area contributed by atoms with Crippen molar-refractivity contribution in [3.63, 3.8) is 0 Å². The average molecular weight is 214 g/mol. The fraction of sp³-hybridized carbons (Fsp3) is 0.500. The second-order valence-electron chi connectivity index (χ2n) is 4.16. The summed E-state index contributed by atoms with van der Waals surface area (Å²) < 4.78 is 26.1. The van der Waals surface area contributed by atoms with E-state index in [0.29, 0.717) is 5.92 Å². The van der Waals surface area contributed by atoms with Crippen LogP contribution in [0.15, 0.2) is 24.3 Å². The highest BCUT2D eigenvalue weighted by Crippen LogP contribution is 2.27. The molecule has 15 heavy (non-hydrogen) atoms. The third-order valence-electron chi connectivity index (χ3n) is 2.22. The summed E-state index contributed by atoms with van der Waals surface area (Å²) in [4.78, 5) is 0. The number of hydrogen-bond donors (Lipinski definition) is 1. The van der Waals surface area contributed by atoms with Crippen LogP contribution in [0.4, 0.5) is 8.78 Å². The molecule has 0 aliphatic carbocycles. The Morgan fingerprint density at radius 1 is 1.20 bits per heavy atom. The Labute approximate surface area is 88.7 Å². The maximum Gasteiger partial charge on any atom is 0.295 e. The molecule has 84 valence electrons. The molecule has 0 saturated heterocycles. The van der Waals surface area contributed by atoms with Crippen molar-refractivity contribution in [2.45, 2.75) is 26.2 Å². The third kappa shape index (κ3) is 3.27. The van der Waals surface area contributed by atoms with Gasteiger partial charge in [0.25, 0.3) is 5.92 Å². The Hall–Kier alpha value is -0.960. The van der Waals surface area contributed by atoms with Gasteiger partial charge >= 0.3 is 0 Å². The quantitative estimate of drug-likeness (QED) is 0.817. The van der Waals surface area contributed by atoms with Gasteiger partial charge in [0.2, 0.25) is 0 Å². The Morgan fingerprint density at radius 3 is 2.13 bits per heavy atom. The van der Waals surface area contributed by atoms with Crippen molar-refractivity contribution < 1.29 is 13.9 Å². The summed E-state index contributed by atoms with van der Waals surface area (Å²) in [6.45, 7) is 3.02. The molecule has 0 bridgehead atoms. The molecule has 1 aromatic carbocycles. The summed E-state index contributed by atoms with van der Waals surface area (Å²) in [5, 5.41) is 8.51. The van der Waals surface area contributed by atoms with Crippen LogP contribution in [-0.2, 0) is 12.3 Å². The predicted octanol–water partition coefficient (Wildman–Crippen LogP) is 2.97. The molecule has 1 rings (SSSR count). The summed E-state index contributed by atoms with van der Waals surface area (Å²) >= 11 is 0. The van der Waals surface area contributed by atoms with Gasteiger partial charge in [0.15, 0.2) is 0 Å². The number of halogens is 2. The second kappa shape index (κ2) is 4.71. The lowest BCUT2D eigenvalue weighted by Crippen LogP contribution is -2.18. The standard InChI is InChI=1S/C12H16F2O/c1-9(2)7-10-3-5-11(6-4-10)12(13,14)8-15/h3-6,9,15H,7-8H2,1-2H3. The Balaban J connectivity index is 2.81. The Kier molecular flexibility index (Phi) is 3.80. The first-order valence-electron chi connectivity index (χ1n) is 5.04. The molecule has 0 amide bonds. The number of aliphatic hydroxyl groups excluding tert-OH is 1. The number of rotatable bonds is 4. The molecular weight excluding hydrogens is 198 g/mol. The molecule has 0 aromatic heterocycles. The van der Waals surface area contributed by atoms with E-state index in [-0.39, 0.29) is 5.56 Å². The minimum atomic E-state index is -3.13. The molecule has 0 aliphatic rings. The van der Waals surface area contributed by atoms with Crippen molar-refractivity contribution in [1.82, 2.24) is 0 Å². The molecule has 0 saturated carbocycles. The predicted molar refractivity (Wildman–Crippen MR) is 56.0 cm³/mol. The maximum atomic E-state index is 13.0. The van der Waals surface area contributed by atoms with Crippen LogP contribution < -0.4 is 0 Å². The van der Waals surface area contributed by atoms with Crippen LogP contribution in [0, 0.1) is 5.92 Å². The zero-order valence-corrected chi connectivity index (χ0v) is 9.00. The van der Waals surface area contributed by atoms with E-state index in [0.717, 1.165) is 12.0 Å². The molecule has 1 aromatic rings. The first-order chi connectivity index (χ1) is 6.95. The van der Waals surface area contributed by atoms with Gasteiger partial charge in [-0.3, -0.25) is 0 Å². The van der Waals surface area contributed by atoms with Gasteiger partial charge < -0.3 is 5.11 Å². The van der Waals surface area contributed by atoms with E-state index in [1.807, 2.05) is 0 Å². The number of alkyl halides is 2. The SMILES string of the molecule is CC(C)Cc1ccc(C(F)(F)CO)cc1. The molecule has 0 atom stereocenters. The molecule has 0 aliphatic heterocycles. The largest absolute Gasteiger partial charge is 0.390 e. The average Bonchev–Trinajstić information content (AvgIpc) is 2.18. The van der Waals surface area contributed by atoms with Crippen LogP contribution >= 0.6 is 0 Å². The summed E-state index contributed by atoms with van der Waals surface area (Å²) in [6, 6.07) is 6.15. The van der Waals surface area contributed by atoms with Crippen molar-refractivity contribution in [3.8, 4) is 0 Å². The van der Waals surface area contributed by atoms with Crippen molar-refractivity contribution in [2.24, 2.45) is 5.92 Å². The fourth-order valence-corrected chi connectivity index (χ4v) is 1.45. The smallest absolute Gasteiger partial charge is 0.295 e. The minimum absolute atomic E-state index is 0.127. The van der Waals surface area contributed by atoms with Crippen LogP contribution in [0.1, 0.15) is 25.0 Å². The lowest BCUT2D eigenvalue weighted by atomic mass is 10.0. The van der Waals surface area contributed by atoms with Crippen molar-refractivity contribution in [1.29, 1.82) is 0 Å². The van der Waals surface area contributed by atoms with Crippen LogP contribution in [-0.4, -0.2) is 11.7 Å². The van der Waals surface area contributed by atoms with Crippen molar-refractivity contribution in [3.05, 3.63) is 35.4 Å².